The van der Waals surface area contributed by atoms with Gasteiger partial charge in [-0.05, 0) is 12.3 Å². The predicted molar refractivity (Wildman–Crippen MR) is 41.0 cm³/mol. The minimum absolute atomic E-state index is 0.0301. The Morgan fingerprint density at radius 2 is 2.40 bits per heavy atom. The van der Waals surface area contributed by atoms with Crippen LogP contribution in [0.25, 0.3) is 0 Å². The molecule has 1 heterocycles. The molecule has 0 spiro atoms. The predicted octanol–water partition coefficient (Wildman–Crippen LogP) is -0.177. The van der Waals surface area contributed by atoms with Crippen molar-refractivity contribution in [3.8, 4) is 0 Å². The number of carbonyl (C=O) groups excluding carboxylic acids is 1. The van der Waals surface area contributed by atoms with Gasteiger partial charge in [0.05, 0.1) is 0 Å². The molecule has 1 aliphatic heterocycles. The van der Waals surface area contributed by atoms with Gasteiger partial charge in [-0.3, -0.25) is 4.79 Å². The monoisotopic (exact) mass is 136 g/mol. The van der Waals surface area contributed by atoms with Crippen LogP contribution >= 0.6 is 0 Å². The number of hydrogen-bond donors (Lipinski definition) is 2. The van der Waals surface area contributed by atoms with E-state index in [1.165, 1.54) is 6.92 Å². The molecule has 0 aromatic heterocycles. The average Bonchev–Trinajstić information content (AvgIpc) is 1.88. The number of carbonyl (C=O) groups is 1. The van der Waals surface area contributed by atoms with E-state index in [2.05, 4.69) is 10.5 Å². The van der Waals surface area contributed by atoms with Crippen molar-refractivity contribution in [1.29, 1.82) is 0 Å². The smallest absolute Gasteiger partial charge is 0.400 e. The molecule has 1 amide bonds. The lowest BCUT2D eigenvalue weighted by Crippen LogP contribution is -2.46. The minimum Gasteiger partial charge on any atom is -0.412 e. The van der Waals surface area contributed by atoms with Gasteiger partial charge in [-0.1, -0.05) is 12.1 Å². The van der Waals surface area contributed by atoms with Crippen LogP contribution in [-0.2, 0) is 4.79 Å². The number of rotatable bonds is 1. The molecular formula is C6H9BN2O. The second kappa shape index (κ2) is 3.10. The van der Waals surface area contributed by atoms with E-state index in [9.17, 15) is 4.79 Å². The van der Waals surface area contributed by atoms with Crippen LogP contribution in [0.1, 0.15) is 6.92 Å². The first-order valence-corrected chi connectivity index (χ1v) is 3.15. The molecule has 0 fully saturated rings. The highest BCUT2D eigenvalue weighted by atomic mass is 16.1. The summed E-state index contributed by atoms with van der Waals surface area (Å²) in [6, 6.07) is 0. The fourth-order valence-electron chi connectivity index (χ4n) is 0.754. The first-order valence-electron chi connectivity index (χ1n) is 3.15. The van der Waals surface area contributed by atoms with Gasteiger partial charge in [0.2, 0.25) is 5.91 Å². The Kier molecular flexibility index (Phi) is 2.15. The van der Waals surface area contributed by atoms with E-state index in [0.717, 1.165) is 0 Å². The summed E-state index contributed by atoms with van der Waals surface area (Å²) < 4.78 is 0. The summed E-state index contributed by atoms with van der Waals surface area (Å²) in [5.74, 6) is 1.85. The average molecular weight is 136 g/mol. The van der Waals surface area contributed by atoms with Gasteiger partial charge in [-0.15, -0.1) is 0 Å². The normalized spacial score (nSPS) is 14.7. The van der Waals surface area contributed by atoms with E-state index >= 15 is 0 Å². The summed E-state index contributed by atoms with van der Waals surface area (Å²) in [4.78, 5) is 10.5. The van der Waals surface area contributed by atoms with Gasteiger partial charge in [-0.25, -0.2) is 0 Å². The topological polar surface area (TPSA) is 41.1 Å². The van der Waals surface area contributed by atoms with Gasteiger partial charge < -0.3 is 10.5 Å². The number of allylic oxidation sites excluding steroid dienone is 2. The molecule has 4 heteroatoms. The van der Waals surface area contributed by atoms with Crippen LogP contribution in [-0.4, -0.2) is 12.9 Å². The molecule has 0 radical (unpaired) electrons. The Labute approximate surface area is 60.3 Å². The van der Waals surface area contributed by atoms with Gasteiger partial charge >= 0.3 is 6.98 Å². The summed E-state index contributed by atoms with van der Waals surface area (Å²) in [7, 11) is 0. The van der Waals surface area contributed by atoms with Crippen molar-refractivity contribution < 1.29 is 4.79 Å². The maximum absolute atomic E-state index is 10.5. The van der Waals surface area contributed by atoms with Crippen LogP contribution in [0.15, 0.2) is 24.3 Å². The molecule has 0 saturated carbocycles. The third-order valence-electron chi connectivity index (χ3n) is 1.15. The fourth-order valence-corrected chi connectivity index (χ4v) is 0.754. The lowest BCUT2D eigenvalue weighted by atomic mass is 9.75. The van der Waals surface area contributed by atoms with Crippen molar-refractivity contribution in [2.24, 2.45) is 0 Å². The van der Waals surface area contributed by atoms with Gasteiger partial charge in [-0.2, -0.15) is 0 Å². The highest BCUT2D eigenvalue weighted by molar-refractivity contribution is 6.62. The van der Waals surface area contributed by atoms with Crippen LogP contribution in [0.4, 0.5) is 0 Å². The standard InChI is InChI=1S/C6H9BN2O/c1-6(10)9-7-4-2-3-5-8-7/h2-5,8H,1H3,(H,9,10). The molecule has 0 atom stereocenters. The highest BCUT2D eigenvalue weighted by Gasteiger charge is 2.10. The zero-order valence-electron chi connectivity index (χ0n) is 5.79. The van der Waals surface area contributed by atoms with Gasteiger partial charge in [0.25, 0.3) is 0 Å². The Morgan fingerprint density at radius 1 is 1.60 bits per heavy atom. The summed E-state index contributed by atoms with van der Waals surface area (Å²) in [6.45, 7) is 1.45. The van der Waals surface area contributed by atoms with Crippen LogP contribution in [0.5, 0.6) is 0 Å². The lowest BCUT2D eigenvalue weighted by molar-refractivity contribution is -0.117. The van der Waals surface area contributed by atoms with E-state index in [-0.39, 0.29) is 12.9 Å². The number of hydrogen-bond acceptors (Lipinski definition) is 2. The second-order valence-corrected chi connectivity index (χ2v) is 2.09. The maximum atomic E-state index is 10.5. The molecule has 10 heavy (non-hydrogen) atoms. The third kappa shape index (κ3) is 1.97. The Morgan fingerprint density at radius 3 is 2.90 bits per heavy atom. The Bertz CT molecular complexity index is 188. The zero-order chi connectivity index (χ0) is 7.40. The molecule has 0 bridgehead atoms. The highest BCUT2D eigenvalue weighted by Crippen LogP contribution is 1.85. The Hall–Kier alpha value is -1.19. The van der Waals surface area contributed by atoms with Crippen molar-refractivity contribution in [3.05, 3.63) is 24.3 Å². The van der Waals surface area contributed by atoms with Crippen molar-refractivity contribution in [2.75, 3.05) is 0 Å². The summed E-state index contributed by atoms with van der Waals surface area (Å²) in [5, 5.41) is 5.64. The molecule has 0 aliphatic carbocycles. The molecule has 52 valence electrons. The zero-order valence-corrected chi connectivity index (χ0v) is 5.79. The quantitative estimate of drug-likeness (QED) is 0.491. The molecule has 1 rings (SSSR count). The maximum Gasteiger partial charge on any atom is 0.400 e. The third-order valence-corrected chi connectivity index (χ3v) is 1.15. The minimum atomic E-state index is -0.0394. The molecule has 3 nitrogen and oxygen atoms in total. The van der Waals surface area contributed by atoms with Crippen LogP contribution < -0.4 is 10.5 Å². The second-order valence-electron chi connectivity index (χ2n) is 2.09. The van der Waals surface area contributed by atoms with E-state index in [1.807, 2.05) is 18.1 Å². The summed E-state index contributed by atoms with van der Waals surface area (Å²) in [5.41, 5.74) is 0. The van der Waals surface area contributed by atoms with Crippen molar-refractivity contribution in [2.45, 2.75) is 6.92 Å². The summed E-state index contributed by atoms with van der Waals surface area (Å²) in [6.07, 6.45) is 5.55. The van der Waals surface area contributed by atoms with E-state index in [0.29, 0.717) is 0 Å². The van der Waals surface area contributed by atoms with Crippen LogP contribution in [0.3, 0.4) is 0 Å². The van der Waals surface area contributed by atoms with Crippen LogP contribution in [0, 0.1) is 0 Å². The molecule has 1 aliphatic rings. The SMILES string of the molecule is CC(=O)NB1C=CC=CN1. The molecule has 0 unspecified atom stereocenters. The molecular weight excluding hydrogens is 127 g/mol. The molecule has 2 N–H and O–H groups in total. The van der Waals surface area contributed by atoms with Gasteiger partial charge in [0.15, 0.2) is 0 Å². The molecule has 0 aromatic carbocycles. The van der Waals surface area contributed by atoms with E-state index in [1.54, 1.807) is 6.20 Å². The van der Waals surface area contributed by atoms with E-state index < -0.39 is 0 Å². The molecule has 0 saturated heterocycles. The van der Waals surface area contributed by atoms with Gasteiger partial charge in [0, 0.05) is 6.92 Å². The number of nitrogens with one attached hydrogen (secondary N) is 2. The Balaban J connectivity index is 2.37. The van der Waals surface area contributed by atoms with E-state index in [4.69, 9.17) is 0 Å². The van der Waals surface area contributed by atoms with Crippen molar-refractivity contribution >= 4 is 12.9 Å². The molecule has 0 aromatic rings. The van der Waals surface area contributed by atoms with Crippen molar-refractivity contribution in [3.63, 3.8) is 0 Å². The van der Waals surface area contributed by atoms with Crippen molar-refractivity contribution in [1.82, 2.24) is 10.5 Å². The van der Waals surface area contributed by atoms with Gasteiger partial charge in [0.1, 0.15) is 0 Å². The summed E-state index contributed by atoms with van der Waals surface area (Å²) >= 11 is 0. The first-order chi connectivity index (χ1) is 4.79. The van der Waals surface area contributed by atoms with Crippen LogP contribution in [0.2, 0.25) is 0 Å². The first kappa shape index (κ1) is 6.93. The largest absolute Gasteiger partial charge is 0.412 e. The number of amides is 1. The lowest BCUT2D eigenvalue weighted by Gasteiger charge is -2.10. The fraction of sp³-hybridized carbons (Fsp3) is 0.167.